The molecule has 0 aliphatic carbocycles. The molecule has 2 heterocycles. The van der Waals surface area contributed by atoms with E-state index < -0.39 is 31.9 Å². The van der Waals surface area contributed by atoms with E-state index in [1.165, 1.54) is 6.07 Å². The average molecular weight is 188 g/mol. The Bertz CT molecular complexity index is 522. The van der Waals surface area contributed by atoms with Crippen LogP contribution in [-0.4, -0.2) is 36.3 Å². The number of anilines is 2. The molecule has 1 aromatic rings. The monoisotopic (exact) mass is 188 g/mol. The molecule has 0 bridgehead atoms. The van der Waals surface area contributed by atoms with Crippen LogP contribution in [0.5, 0.6) is 0 Å². The van der Waals surface area contributed by atoms with Crippen LogP contribution in [0, 0.1) is 0 Å². The van der Waals surface area contributed by atoms with Crippen molar-refractivity contribution in [2.24, 2.45) is 0 Å². The fraction of sp³-hybridized carbons (Fsp3) is 0.500. The zero-order valence-corrected chi connectivity index (χ0v) is 6.48. The molecular formula is C8H12N4O. The summed E-state index contributed by atoms with van der Waals surface area (Å²) >= 11 is 0. The van der Waals surface area contributed by atoms with Gasteiger partial charge in [0.25, 0.3) is 0 Å². The number of aromatic nitrogens is 2. The van der Waals surface area contributed by atoms with E-state index in [0.717, 1.165) is 6.07 Å². The Morgan fingerprint density at radius 3 is 2.77 bits per heavy atom. The maximum atomic E-state index is 7.80. The lowest BCUT2D eigenvalue weighted by Crippen LogP contribution is -2.36. The van der Waals surface area contributed by atoms with Crippen LogP contribution >= 0.6 is 0 Å². The molecule has 0 spiro atoms. The van der Waals surface area contributed by atoms with Gasteiger partial charge in [-0.25, -0.2) is 0 Å². The number of rotatable bonds is 1. The number of hydrogen-bond acceptors (Lipinski definition) is 5. The second kappa shape index (κ2) is 3.57. The molecule has 13 heavy (non-hydrogen) atoms. The van der Waals surface area contributed by atoms with Crippen LogP contribution in [0.25, 0.3) is 0 Å². The third-order valence-electron chi connectivity index (χ3n) is 1.32. The standard InChI is InChI=1S/C8H12N4O/c9-7-1-2-8(11-10-7)12-3-5-13-6-4-12/h1-2H,3-6H2,(H2,9,10)/i3D2,4D2,5D2,6D2. The largest absolute Gasteiger partial charge is 0.382 e. The molecule has 1 aromatic heterocycles. The molecule has 5 heteroatoms. The van der Waals surface area contributed by atoms with E-state index in [2.05, 4.69) is 14.9 Å². The number of nitrogens with zero attached hydrogens (tertiary/aromatic N) is 3. The number of nitrogen functional groups attached to an aromatic ring is 1. The Labute approximate surface area is 87.7 Å². The van der Waals surface area contributed by atoms with Crippen molar-refractivity contribution in [3.05, 3.63) is 12.1 Å². The molecule has 1 aliphatic heterocycles. The minimum Gasteiger partial charge on any atom is -0.382 e. The quantitative estimate of drug-likeness (QED) is 0.666. The first kappa shape index (κ1) is 3.09. The van der Waals surface area contributed by atoms with Crippen LogP contribution in [-0.2, 0) is 4.74 Å². The van der Waals surface area contributed by atoms with Crippen LogP contribution in [0.4, 0.5) is 11.6 Å². The van der Waals surface area contributed by atoms with Crippen LogP contribution in [0.3, 0.4) is 0 Å². The number of hydrogen-bond donors (Lipinski definition) is 1. The van der Waals surface area contributed by atoms with Crippen molar-refractivity contribution >= 4 is 11.6 Å². The second-order valence-electron chi connectivity index (χ2n) is 2.18. The fourth-order valence-electron chi connectivity index (χ4n) is 0.760. The van der Waals surface area contributed by atoms with E-state index >= 15 is 0 Å². The SMILES string of the molecule is [2H]C1([2H])OC([2H])([2H])C([2H])([2H])N(c2ccc(N)nn2)C1([2H])[2H]. The normalized spacial score (nSPS) is 42.0. The first-order chi connectivity index (χ1) is 9.33. The maximum absolute atomic E-state index is 7.80. The Hall–Kier alpha value is -1.36. The van der Waals surface area contributed by atoms with Crippen molar-refractivity contribution in [3.8, 4) is 0 Å². The highest BCUT2D eigenvalue weighted by Gasteiger charge is 2.11. The molecule has 2 N–H and O–H groups in total. The summed E-state index contributed by atoms with van der Waals surface area (Å²) in [6, 6.07) is 2.34. The molecular weight excluding hydrogens is 168 g/mol. The van der Waals surface area contributed by atoms with E-state index in [0.29, 0.717) is 0 Å². The molecule has 0 amide bonds. The summed E-state index contributed by atoms with van der Waals surface area (Å²) in [6.45, 7) is -12.3. The van der Waals surface area contributed by atoms with Crippen LogP contribution in [0.1, 0.15) is 11.0 Å². The molecule has 70 valence electrons. The van der Waals surface area contributed by atoms with Crippen LogP contribution in [0.15, 0.2) is 12.1 Å². The van der Waals surface area contributed by atoms with Crippen LogP contribution < -0.4 is 10.6 Å². The van der Waals surface area contributed by atoms with Gasteiger partial charge in [0.05, 0.1) is 24.1 Å². The lowest BCUT2D eigenvalue weighted by Gasteiger charge is -2.27. The molecule has 1 aliphatic rings. The summed E-state index contributed by atoms with van der Waals surface area (Å²) in [4.78, 5) is 0.232. The third-order valence-corrected chi connectivity index (χ3v) is 1.32. The van der Waals surface area contributed by atoms with Crippen molar-refractivity contribution in [2.45, 2.75) is 0 Å². The van der Waals surface area contributed by atoms with Gasteiger partial charge in [0, 0.05) is 13.0 Å². The third kappa shape index (κ3) is 1.86. The highest BCUT2D eigenvalue weighted by molar-refractivity contribution is 5.41. The molecule has 5 nitrogen and oxygen atoms in total. The molecule has 0 atom stereocenters. The molecule has 0 radical (unpaired) electrons. The lowest BCUT2D eigenvalue weighted by molar-refractivity contribution is 0.122. The second-order valence-corrected chi connectivity index (χ2v) is 2.18. The summed E-state index contributed by atoms with van der Waals surface area (Å²) < 4.78 is 65.7. The highest BCUT2D eigenvalue weighted by Crippen LogP contribution is 2.11. The van der Waals surface area contributed by atoms with Gasteiger partial charge in [-0.05, 0) is 12.1 Å². The van der Waals surface area contributed by atoms with E-state index in [4.69, 9.17) is 16.7 Å². The zero-order chi connectivity index (χ0) is 16.3. The molecule has 0 aromatic carbocycles. The van der Waals surface area contributed by atoms with Gasteiger partial charge in [-0.3, -0.25) is 0 Å². The van der Waals surface area contributed by atoms with E-state index in [-0.39, 0.29) is 10.7 Å². The van der Waals surface area contributed by atoms with Crippen molar-refractivity contribution < 1.29 is 15.7 Å². The maximum Gasteiger partial charge on any atom is 0.151 e. The van der Waals surface area contributed by atoms with Crippen LogP contribution in [0.2, 0.25) is 0 Å². The Morgan fingerprint density at radius 2 is 2.15 bits per heavy atom. The minimum atomic E-state index is -3.12. The first-order valence-corrected chi connectivity index (χ1v) is 3.43. The van der Waals surface area contributed by atoms with Gasteiger partial charge in [-0.1, -0.05) is 0 Å². The zero-order valence-electron chi connectivity index (χ0n) is 14.5. The fourth-order valence-corrected chi connectivity index (χ4v) is 0.760. The molecule has 0 unspecified atom stereocenters. The Balaban J connectivity index is 2.64. The smallest absolute Gasteiger partial charge is 0.151 e. The topological polar surface area (TPSA) is 64.3 Å². The molecule has 2 rings (SSSR count). The summed E-state index contributed by atoms with van der Waals surface area (Å²) in [7, 11) is 0. The minimum absolute atomic E-state index is 0.000785. The predicted octanol–water partition coefficient (Wildman–Crippen LogP) is -0.105. The van der Waals surface area contributed by atoms with Crippen molar-refractivity contribution in [2.75, 3.05) is 36.7 Å². The average Bonchev–Trinajstić information content (AvgIpc) is 2.28. The van der Waals surface area contributed by atoms with Crippen molar-refractivity contribution in [1.29, 1.82) is 0 Å². The predicted molar refractivity (Wildman–Crippen MR) is 49.5 cm³/mol. The van der Waals surface area contributed by atoms with Crippen molar-refractivity contribution in [1.82, 2.24) is 10.2 Å². The van der Waals surface area contributed by atoms with Gasteiger partial charge in [0.15, 0.2) is 5.82 Å². The lowest BCUT2D eigenvalue weighted by atomic mass is 10.4. The summed E-state index contributed by atoms with van der Waals surface area (Å²) in [5.74, 6) is -0.408. The summed E-state index contributed by atoms with van der Waals surface area (Å²) in [5.41, 5.74) is 5.35. The van der Waals surface area contributed by atoms with Gasteiger partial charge in [-0.15, -0.1) is 10.2 Å². The number of ether oxygens (including phenoxy) is 1. The molecule has 1 fully saturated rings. The molecule has 1 saturated heterocycles. The van der Waals surface area contributed by atoms with Gasteiger partial charge in [0.1, 0.15) is 5.82 Å². The first-order valence-electron chi connectivity index (χ1n) is 7.43. The van der Waals surface area contributed by atoms with E-state index in [1.807, 2.05) is 0 Å². The van der Waals surface area contributed by atoms with Gasteiger partial charge in [0.2, 0.25) is 0 Å². The van der Waals surface area contributed by atoms with Gasteiger partial charge in [-0.2, -0.15) is 0 Å². The van der Waals surface area contributed by atoms with E-state index in [9.17, 15) is 0 Å². The Kier molecular flexibility index (Phi) is 0.850. The number of morpholine rings is 1. The summed E-state index contributed by atoms with van der Waals surface area (Å²) in [6.07, 6.45) is 0. The molecule has 0 saturated carbocycles. The van der Waals surface area contributed by atoms with Crippen molar-refractivity contribution in [3.63, 3.8) is 0 Å². The van der Waals surface area contributed by atoms with Gasteiger partial charge >= 0.3 is 0 Å². The number of nitrogens with two attached hydrogens (primary N) is 1. The van der Waals surface area contributed by atoms with E-state index in [1.54, 1.807) is 0 Å². The highest BCUT2D eigenvalue weighted by atomic mass is 16.5. The Morgan fingerprint density at radius 1 is 1.38 bits per heavy atom. The summed E-state index contributed by atoms with van der Waals surface area (Å²) in [5, 5.41) is 6.95. The van der Waals surface area contributed by atoms with Gasteiger partial charge < -0.3 is 15.4 Å².